The summed E-state index contributed by atoms with van der Waals surface area (Å²) in [5.74, 6) is 0.473. The number of rotatable bonds is 9. The largest absolute Gasteiger partial charge is 0.494 e. The first-order valence-electron chi connectivity index (χ1n) is 14.9. The number of nitrogens with one attached hydrogen (secondary N) is 1. The van der Waals surface area contributed by atoms with E-state index in [1.54, 1.807) is 47.1 Å². The summed E-state index contributed by atoms with van der Waals surface area (Å²) < 4.78 is 62.9. The van der Waals surface area contributed by atoms with Gasteiger partial charge in [-0.2, -0.15) is 0 Å². The summed E-state index contributed by atoms with van der Waals surface area (Å²) in [4.78, 5) is 24.7. The number of hydrogen-bond donors (Lipinski definition) is 1. The van der Waals surface area contributed by atoms with Gasteiger partial charge in [0.2, 0.25) is 33.7 Å². The summed E-state index contributed by atoms with van der Waals surface area (Å²) in [5.41, 5.74) is 0.347. The quantitative estimate of drug-likeness (QED) is 0.278. The number of likely N-dealkylation sites (tertiary alicyclic amines) is 1. The maximum absolute atomic E-state index is 14.1. The van der Waals surface area contributed by atoms with Crippen LogP contribution in [0.25, 0.3) is 17.3 Å². The number of ether oxygens (including phenoxy) is 2. The number of benzene rings is 1. The molecule has 0 saturated carbocycles. The number of hydrogen-bond acceptors (Lipinski definition) is 11. The van der Waals surface area contributed by atoms with Crippen molar-refractivity contribution in [3.8, 4) is 28.8 Å². The van der Waals surface area contributed by atoms with E-state index in [0.29, 0.717) is 41.8 Å². The molecule has 6 rings (SSSR count). The standard InChI is InChI=1S/C28H31FN8O6S.C2H6.H2/c1-17-8-9-23(43-17)25-32-33-28(37(25)24-21(41-2)6-4-7-22(24)42-3)34-44(39,40)20-12-18(26(38)35-10-5-11-35)15-36(16-20)27-30-13-19(29)14-31-27;1-2;/h4,6-9,13-14,18,20H,5,10-12,15-16H2,1-3H3,(H,33,34);1-2H3;1H/t18-,20+;;/m1../s1. The maximum atomic E-state index is 14.1. The van der Waals surface area contributed by atoms with Crippen LogP contribution in [-0.4, -0.2) is 89.6 Å². The molecule has 2 aliphatic heterocycles. The molecule has 2 saturated heterocycles. The molecule has 16 heteroatoms. The maximum Gasteiger partial charge on any atom is 0.243 e. The Kier molecular flexibility index (Phi) is 9.74. The average Bonchev–Trinajstić information content (AvgIpc) is 3.66. The first kappa shape index (κ1) is 32.7. The molecule has 4 aromatic rings. The fraction of sp³-hybridized carbons (Fsp3) is 0.433. The highest BCUT2D eigenvalue weighted by Gasteiger charge is 2.42. The van der Waals surface area contributed by atoms with Crippen molar-refractivity contribution < 1.29 is 32.9 Å². The van der Waals surface area contributed by atoms with Gasteiger partial charge in [-0.15, -0.1) is 10.2 Å². The number of anilines is 2. The molecule has 248 valence electrons. The third-order valence-corrected chi connectivity index (χ3v) is 9.43. The summed E-state index contributed by atoms with van der Waals surface area (Å²) in [6.45, 7) is 7.17. The van der Waals surface area contributed by atoms with E-state index in [4.69, 9.17) is 13.9 Å². The molecule has 0 spiro atoms. The van der Waals surface area contributed by atoms with Crippen molar-refractivity contribution in [3.05, 3.63) is 54.3 Å². The zero-order valence-electron chi connectivity index (χ0n) is 26.3. The number of sulfonamides is 1. The first-order chi connectivity index (χ1) is 22.2. The van der Waals surface area contributed by atoms with E-state index in [2.05, 4.69) is 24.9 Å². The van der Waals surface area contributed by atoms with Gasteiger partial charge in [0.1, 0.15) is 22.9 Å². The smallest absolute Gasteiger partial charge is 0.243 e. The molecular weight excluding hydrogens is 619 g/mol. The average molecular weight is 659 g/mol. The molecule has 1 N–H and O–H groups in total. The lowest BCUT2D eigenvalue weighted by atomic mass is 9.95. The molecular formula is C30H39FN8O6S. The molecule has 0 aliphatic carbocycles. The van der Waals surface area contributed by atoms with Gasteiger partial charge in [0, 0.05) is 27.6 Å². The second kappa shape index (κ2) is 13.7. The highest BCUT2D eigenvalue weighted by atomic mass is 32.2. The number of nitrogens with zero attached hydrogens (tertiary/aromatic N) is 7. The van der Waals surface area contributed by atoms with Crippen LogP contribution in [-0.2, 0) is 14.8 Å². The number of piperidine rings is 1. The Labute approximate surface area is 268 Å². The number of amides is 1. The molecule has 0 radical (unpaired) electrons. The van der Waals surface area contributed by atoms with Crippen LogP contribution in [0.3, 0.4) is 0 Å². The van der Waals surface area contributed by atoms with Gasteiger partial charge in [-0.3, -0.25) is 14.1 Å². The molecule has 46 heavy (non-hydrogen) atoms. The van der Waals surface area contributed by atoms with Crippen molar-refractivity contribution in [2.45, 2.75) is 38.9 Å². The van der Waals surface area contributed by atoms with Crippen LogP contribution in [0.5, 0.6) is 11.5 Å². The van der Waals surface area contributed by atoms with Crippen molar-refractivity contribution in [2.75, 3.05) is 50.0 Å². The second-order valence-corrected chi connectivity index (χ2v) is 12.6. The third-order valence-electron chi connectivity index (χ3n) is 7.74. The van der Waals surface area contributed by atoms with E-state index >= 15 is 0 Å². The Balaban J connectivity index is 0.00000164. The van der Waals surface area contributed by atoms with E-state index in [1.807, 2.05) is 13.8 Å². The summed E-state index contributed by atoms with van der Waals surface area (Å²) in [6, 6.07) is 8.57. The Morgan fingerprint density at radius 3 is 2.28 bits per heavy atom. The third kappa shape index (κ3) is 6.47. The lowest BCUT2D eigenvalue weighted by molar-refractivity contribution is -0.139. The minimum absolute atomic E-state index is 0. The Morgan fingerprint density at radius 2 is 1.72 bits per heavy atom. The summed E-state index contributed by atoms with van der Waals surface area (Å²) in [5, 5.41) is 7.38. The van der Waals surface area contributed by atoms with Gasteiger partial charge in [0.25, 0.3) is 0 Å². The predicted molar refractivity (Wildman–Crippen MR) is 170 cm³/mol. The second-order valence-electron chi connectivity index (χ2n) is 10.6. The molecule has 0 bridgehead atoms. The van der Waals surface area contributed by atoms with E-state index in [0.717, 1.165) is 18.8 Å². The fourth-order valence-electron chi connectivity index (χ4n) is 5.42. The van der Waals surface area contributed by atoms with Crippen molar-refractivity contribution in [1.29, 1.82) is 0 Å². The number of aryl methyl sites for hydroxylation is 1. The minimum atomic E-state index is -4.23. The number of furan rings is 1. The van der Waals surface area contributed by atoms with Crippen molar-refractivity contribution in [1.82, 2.24) is 29.6 Å². The summed E-state index contributed by atoms with van der Waals surface area (Å²) in [7, 11) is -1.27. The number of methoxy groups -OCH3 is 2. The van der Waals surface area contributed by atoms with Gasteiger partial charge < -0.3 is 23.7 Å². The zero-order valence-corrected chi connectivity index (χ0v) is 27.1. The van der Waals surface area contributed by atoms with Gasteiger partial charge in [0.15, 0.2) is 11.6 Å². The Morgan fingerprint density at radius 1 is 1.04 bits per heavy atom. The lowest BCUT2D eigenvalue weighted by Gasteiger charge is -2.40. The minimum Gasteiger partial charge on any atom is -0.494 e. The number of para-hydroxylation sites is 1. The highest BCUT2D eigenvalue weighted by molar-refractivity contribution is 7.93. The van der Waals surface area contributed by atoms with Crippen LogP contribution in [0.15, 0.2) is 47.1 Å². The molecule has 0 unspecified atom stereocenters. The SMILES string of the molecule is CC.COc1cccc(OC)c1-n1c(NS(=O)(=O)[C@H]2C[C@@H](C(=O)N3CCC3)CN(c3ncc(F)cn3)C2)nnc1-c1ccc(C)o1.[HH]. The number of aromatic nitrogens is 5. The van der Waals surface area contributed by atoms with Crippen LogP contribution < -0.4 is 19.1 Å². The lowest BCUT2D eigenvalue weighted by Crippen LogP contribution is -2.55. The molecule has 3 aromatic heterocycles. The van der Waals surface area contributed by atoms with Crippen molar-refractivity contribution >= 4 is 27.8 Å². The zero-order chi connectivity index (χ0) is 33.0. The van der Waals surface area contributed by atoms with Gasteiger partial charge >= 0.3 is 0 Å². The topological polar surface area (TPSA) is 158 Å². The molecule has 2 fully saturated rings. The Bertz CT molecular complexity index is 1760. The highest BCUT2D eigenvalue weighted by Crippen LogP contribution is 2.38. The number of halogens is 1. The molecule has 14 nitrogen and oxygen atoms in total. The fourth-order valence-corrected chi connectivity index (χ4v) is 6.84. The monoisotopic (exact) mass is 658 g/mol. The van der Waals surface area contributed by atoms with E-state index < -0.39 is 27.0 Å². The molecule has 1 amide bonds. The predicted octanol–water partition coefficient (Wildman–Crippen LogP) is 3.92. The van der Waals surface area contributed by atoms with Crippen molar-refractivity contribution in [2.24, 2.45) is 5.92 Å². The van der Waals surface area contributed by atoms with Crippen LogP contribution in [0.1, 0.15) is 33.9 Å². The number of carbonyl (C=O) groups excluding carboxylic acids is 1. The first-order valence-corrected chi connectivity index (χ1v) is 16.5. The van der Waals surface area contributed by atoms with E-state index in [-0.39, 0.29) is 44.6 Å². The molecule has 2 aliphatic rings. The van der Waals surface area contributed by atoms with Gasteiger partial charge in [-0.05, 0) is 44.0 Å². The van der Waals surface area contributed by atoms with Gasteiger partial charge in [0.05, 0.1) is 37.8 Å². The Hall–Kier alpha value is -4.73. The van der Waals surface area contributed by atoms with Crippen LogP contribution in [0.2, 0.25) is 0 Å². The summed E-state index contributed by atoms with van der Waals surface area (Å²) in [6.07, 6.45) is 2.96. The van der Waals surface area contributed by atoms with Gasteiger partial charge in [-0.1, -0.05) is 19.9 Å². The van der Waals surface area contributed by atoms with Crippen LogP contribution >= 0.6 is 0 Å². The molecule has 2 atom stereocenters. The van der Waals surface area contributed by atoms with Gasteiger partial charge in [-0.25, -0.2) is 22.8 Å². The number of carbonyl (C=O) groups is 1. The van der Waals surface area contributed by atoms with E-state index in [1.165, 1.54) is 18.8 Å². The van der Waals surface area contributed by atoms with Crippen LogP contribution in [0, 0.1) is 18.7 Å². The summed E-state index contributed by atoms with van der Waals surface area (Å²) >= 11 is 0. The van der Waals surface area contributed by atoms with Crippen molar-refractivity contribution in [3.63, 3.8) is 0 Å². The van der Waals surface area contributed by atoms with E-state index in [9.17, 15) is 17.6 Å². The van der Waals surface area contributed by atoms with Crippen LogP contribution in [0.4, 0.5) is 16.3 Å². The molecule has 1 aromatic carbocycles. The normalized spacial score (nSPS) is 17.9. The molecule has 5 heterocycles.